The van der Waals surface area contributed by atoms with E-state index in [1.54, 1.807) is 24.1 Å². The summed E-state index contributed by atoms with van der Waals surface area (Å²) in [6, 6.07) is 0. The van der Waals surface area contributed by atoms with Crippen LogP contribution < -0.4 is 10.7 Å². The van der Waals surface area contributed by atoms with Crippen LogP contribution in [0.1, 0.15) is 32.6 Å². The van der Waals surface area contributed by atoms with E-state index in [0.717, 1.165) is 18.8 Å². The normalized spacial score (nSPS) is 24.3. The van der Waals surface area contributed by atoms with Gasteiger partial charge in [0.15, 0.2) is 0 Å². The Balaban J connectivity index is 0.000000326. The molecule has 2 unspecified atom stereocenters. The van der Waals surface area contributed by atoms with Gasteiger partial charge in [0.05, 0.1) is 5.38 Å². The molecule has 0 aromatic heterocycles. The minimum Gasteiger partial charge on any atom is -0.329 e. The first kappa shape index (κ1) is 26.3. The SMILES string of the molecule is CCN1NCC(Cl)C(Cl)C1=O.O=CNC(/C=C/SN1CCCCCC1)=C/C=C/Cl. The quantitative estimate of drug-likeness (QED) is 0.248. The van der Waals surface area contributed by atoms with E-state index in [4.69, 9.17) is 34.8 Å². The molecule has 2 atom stereocenters. The first-order valence-corrected chi connectivity index (χ1v) is 11.8. The van der Waals surface area contributed by atoms with Crippen molar-refractivity contribution in [2.75, 3.05) is 26.2 Å². The molecule has 2 fully saturated rings. The monoisotopic (exact) mass is 482 g/mol. The van der Waals surface area contributed by atoms with Crippen LogP contribution in [0.2, 0.25) is 0 Å². The molecule has 0 saturated carbocycles. The number of hydrogen-bond donors (Lipinski definition) is 2. The van der Waals surface area contributed by atoms with Gasteiger partial charge in [-0.15, -0.1) is 23.2 Å². The lowest BCUT2D eigenvalue weighted by Gasteiger charge is -2.32. The van der Waals surface area contributed by atoms with Crippen LogP contribution in [0.5, 0.6) is 0 Å². The molecule has 0 bridgehead atoms. The fourth-order valence-corrected chi connectivity index (χ4v) is 3.95. The molecule has 29 heavy (non-hydrogen) atoms. The van der Waals surface area contributed by atoms with Gasteiger partial charge in [-0.3, -0.25) is 14.6 Å². The van der Waals surface area contributed by atoms with Crippen LogP contribution in [0.15, 0.2) is 34.9 Å². The second kappa shape index (κ2) is 16.1. The van der Waals surface area contributed by atoms with Gasteiger partial charge < -0.3 is 5.32 Å². The number of alkyl halides is 2. The van der Waals surface area contributed by atoms with Gasteiger partial charge in [-0.2, -0.15) is 0 Å². The Hall–Kier alpha value is -0.700. The maximum absolute atomic E-state index is 11.2. The minimum absolute atomic E-state index is 0.139. The van der Waals surface area contributed by atoms with Crippen molar-refractivity contribution in [3.63, 3.8) is 0 Å². The molecule has 164 valence electrons. The summed E-state index contributed by atoms with van der Waals surface area (Å²) in [4.78, 5) is 21.6. The van der Waals surface area contributed by atoms with Gasteiger partial charge in [-0.25, -0.2) is 9.73 Å². The summed E-state index contributed by atoms with van der Waals surface area (Å²) >= 11 is 18.6. The number of carbonyl (C=O) groups excluding carboxylic acids is 2. The standard InChI is InChI=1S/C13H19ClN2OS.C6H10Cl2N2O/c14-8-5-6-13(15-12-17)7-11-18-16-9-3-1-2-4-10-16;1-2-10-6(11)5(8)4(7)3-9-10/h5-8,11-12H,1-4,9-10H2,(H,15,17);4-5,9H,2-3H2,1H3/b8-5+,11-7+,13-6+;. The molecule has 2 heterocycles. The fourth-order valence-electron chi connectivity index (χ4n) is 2.65. The number of hydrogen-bond acceptors (Lipinski definition) is 5. The van der Waals surface area contributed by atoms with Crippen molar-refractivity contribution in [3.8, 4) is 0 Å². The summed E-state index contributed by atoms with van der Waals surface area (Å²) in [5.41, 5.74) is 5.00. The van der Waals surface area contributed by atoms with Crippen molar-refractivity contribution < 1.29 is 9.59 Å². The number of hydrazine groups is 1. The minimum atomic E-state index is -0.585. The maximum Gasteiger partial charge on any atom is 0.256 e. The van der Waals surface area contributed by atoms with Crippen LogP contribution in [-0.4, -0.2) is 58.6 Å². The number of allylic oxidation sites excluding steroid dienone is 3. The third kappa shape index (κ3) is 10.8. The Morgan fingerprint density at radius 3 is 2.55 bits per heavy atom. The highest BCUT2D eigenvalue weighted by Gasteiger charge is 2.32. The van der Waals surface area contributed by atoms with Gasteiger partial charge in [0.2, 0.25) is 6.41 Å². The number of nitrogens with one attached hydrogen (secondary N) is 2. The lowest BCUT2D eigenvalue weighted by atomic mass is 10.2. The molecule has 2 rings (SSSR count). The summed E-state index contributed by atoms with van der Waals surface area (Å²) in [5, 5.41) is 5.21. The lowest BCUT2D eigenvalue weighted by molar-refractivity contribution is -0.135. The van der Waals surface area contributed by atoms with Crippen LogP contribution in [0.4, 0.5) is 0 Å². The number of carbonyl (C=O) groups is 2. The van der Waals surface area contributed by atoms with Crippen molar-refractivity contribution in [3.05, 3.63) is 34.9 Å². The van der Waals surface area contributed by atoms with Crippen molar-refractivity contribution in [2.24, 2.45) is 0 Å². The summed E-state index contributed by atoms with van der Waals surface area (Å²) < 4.78 is 2.36. The molecule has 2 saturated heterocycles. The number of nitrogens with zero attached hydrogens (tertiary/aromatic N) is 2. The zero-order valence-electron chi connectivity index (χ0n) is 16.5. The molecule has 0 aromatic carbocycles. The molecule has 0 aliphatic carbocycles. The van der Waals surface area contributed by atoms with Crippen LogP contribution in [0, 0.1) is 0 Å². The van der Waals surface area contributed by atoms with Gasteiger partial charge in [-0.1, -0.05) is 36.4 Å². The number of amides is 2. The highest BCUT2D eigenvalue weighted by molar-refractivity contribution is 7.99. The second-order valence-electron chi connectivity index (χ2n) is 6.32. The average Bonchev–Trinajstić information content (AvgIpc) is 3.00. The van der Waals surface area contributed by atoms with Crippen LogP contribution in [-0.2, 0) is 9.59 Å². The molecular formula is C19H29Cl3N4O2S. The number of halogens is 3. The van der Waals surface area contributed by atoms with Gasteiger partial charge in [0, 0.05) is 37.4 Å². The van der Waals surface area contributed by atoms with Gasteiger partial charge in [0.1, 0.15) is 5.38 Å². The van der Waals surface area contributed by atoms with E-state index < -0.39 is 5.38 Å². The zero-order chi connectivity index (χ0) is 21.5. The summed E-state index contributed by atoms with van der Waals surface area (Å²) in [7, 11) is 0. The predicted octanol–water partition coefficient (Wildman–Crippen LogP) is 3.97. The smallest absolute Gasteiger partial charge is 0.256 e. The Bertz CT molecular complexity index is 578. The van der Waals surface area contributed by atoms with Gasteiger partial charge in [0.25, 0.3) is 5.91 Å². The Morgan fingerprint density at radius 1 is 1.28 bits per heavy atom. The van der Waals surface area contributed by atoms with Gasteiger partial charge in [-0.05, 0) is 43.4 Å². The van der Waals surface area contributed by atoms with E-state index in [2.05, 4.69) is 15.0 Å². The van der Waals surface area contributed by atoms with E-state index in [1.165, 1.54) is 36.2 Å². The molecule has 2 N–H and O–H groups in total. The van der Waals surface area contributed by atoms with Crippen molar-refractivity contribution in [1.29, 1.82) is 0 Å². The van der Waals surface area contributed by atoms with E-state index in [-0.39, 0.29) is 11.3 Å². The Morgan fingerprint density at radius 2 is 1.97 bits per heavy atom. The molecule has 2 amide bonds. The Kier molecular flexibility index (Phi) is 14.6. The highest BCUT2D eigenvalue weighted by atomic mass is 35.5. The molecule has 10 heteroatoms. The molecular weight excluding hydrogens is 455 g/mol. The molecule has 0 radical (unpaired) electrons. The van der Waals surface area contributed by atoms with E-state index in [9.17, 15) is 9.59 Å². The van der Waals surface area contributed by atoms with E-state index in [1.807, 2.05) is 18.4 Å². The third-order valence-corrected chi connectivity index (χ3v) is 6.30. The van der Waals surface area contributed by atoms with Crippen molar-refractivity contribution in [1.82, 2.24) is 20.1 Å². The largest absolute Gasteiger partial charge is 0.329 e. The van der Waals surface area contributed by atoms with E-state index in [0.29, 0.717) is 19.5 Å². The molecule has 0 aromatic rings. The molecule has 6 nitrogen and oxygen atoms in total. The summed E-state index contributed by atoms with van der Waals surface area (Å²) in [6.07, 6.45) is 11.2. The summed E-state index contributed by atoms with van der Waals surface area (Å²) in [5.74, 6) is -0.139. The van der Waals surface area contributed by atoms with Crippen LogP contribution in [0.25, 0.3) is 0 Å². The Labute approximate surface area is 192 Å². The zero-order valence-corrected chi connectivity index (χ0v) is 19.6. The molecule has 0 spiro atoms. The predicted molar refractivity (Wildman–Crippen MR) is 124 cm³/mol. The molecule has 2 aliphatic rings. The first-order valence-electron chi connectivity index (χ1n) is 9.62. The topological polar surface area (TPSA) is 64.7 Å². The third-order valence-electron chi connectivity index (χ3n) is 4.21. The van der Waals surface area contributed by atoms with E-state index >= 15 is 0 Å². The second-order valence-corrected chi connectivity index (χ2v) is 8.60. The fraction of sp³-hybridized carbons (Fsp3) is 0.579. The average molecular weight is 484 g/mol. The summed E-state index contributed by atoms with van der Waals surface area (Å²) in [6.45, 7) is 5.32. The first-order chi connectivity index (χ1) is 14.0. The lowest BCUT2D eigenvalue weighted by Crippen LogP contribution is -2.56. The molecule has 2 aliphatic heterocycles. The van der Waals surface area contributed by atoms with Gasteiger partial charge >= 0.3 is 0 Å². The van der Waals surface area contributed by atoms with Crippen LogP contribution >= 0.6 is 46.8 Å². The highest BCUT2D eigenvalue weighted by Crippen LogP contribution is 2.19. The van der Waals surface area contributed by atoms with Crippen molar-refractivity contribution in [2.45, 2.75) is 43.4 Å². The van der Waals surface area contributed by atoms with Crippen LogP contribution in [0.3, 0.4) is 0 Å². The van der Waals surface area contributed by atoms with Crippen molar-refractivity contribution >= 4 is 59.1 Å². The number of rotatable bonds is 7. The maximum atomic E-state index is 11.2.